The highest BCUT2D eigenvalue weighted by Gasteiger charge is 2.16. The third-order valence-corrected chi connectivity index (χ3v) is 3.97. The van der Waals surface area contributed by atoms with E-state index in [1.807, 2.05) is 0 Å². The predicted octanol–water partition coefficient (Wildman–Crippen LogP) is 5.25. The Morgan fingerprint density at radius 2 is 1.76 bits per heavy atom. The molecule has 2 aromatic rings. The van der Waals surface area contributed by atoms with Crippen LogP contribution in [0.4, 0.5) is 0 Å². The molecule has 1 atom stereocenters. The predicted molar refractivity (Wildman–Crippen MR) is 77.0 cm³/mol. The Kier molecular flexibility index (Phi) is 2.64. The van der Waals surface area contributed by atoms with Crippen LogP contribution in [0, 0.1) is 0 Å². The highest BCUT2D eigenvalue weighted by atomic mass is 79.9. The van der Waals surface area contributed by atoms with Crippen molar-refractivity contribution in [3.05, 3.63) is 64.1 Å². The second-order valence-electron chi connectivity index (χ2n) is 4.47. The smallest absolute Gasteiger partial charge is 0.0256 e. The number of benzene rings is 2. The number of fused-ring (bicyclic) bond motifs is 1. The van der Waals surface area contributed by atoms with Crippen molar-refractivity contribution in [1.82, 2.24) is 0 Å². The van der Waals surface area contributed by atoms with Gasteiger partial charge in [0.15, 0.2) is 0 Å². The minimum atomic E-state index is 0.518. The molecule has 0 radical (unpaired) electrons. The molecule has 0 heterocycles. The molecule has 3 rings (SSSR count). The molecule has 0 aliphatic heterocycles. The van der Waals surface area contributed by atoms with Crippen molar-refractivity contribution < 1.29 is 0 Å². The first-order valence-corrected chi connectivity index (χ1v) is 6.62. The first kappa shape index (κ1) is 10.8. The van der Waals surface area contributed by atoms with E-state index in [0.717, 1.165) is 0 Å². The quantitative estimate of drug-likeness (QED) is 0.671. The second-order valence-corrected chi connectivity index (χ2v) is 5.33. The van der Waals surface area contributed by atoms with E-state index in [-0.39, 0.29) is 0 Å². The van der Waals surface area contributed by atoms with Crippen molar-refractivity contribution in [3.8, 4) is 11.1 Å². The molecule has 0 fully saturated rings. The molecule has 0 saturated heterocycles. The van der Waals surface area contributed by atoms with Gasteiger partial charge in [0, 0.05) is 4.47 Å². The third kappa shape index (κ3) is 1.85. The van der Waals surface area contributed by atoms with Crippen molar-refractivity contribution in [2.45, 2.75) is 12.8 Å². The Bertz CT molecular complexity index is 582. The summed E-state index contributed by atoms with van der Waals surface area (Å²) < 4.78 is 1.19. The van der Waals surface area contributed by atoms with Crippen molar-refractivity contribution >= 4 is 22.0 Å². The van der Waals surface area contributed by atoms with Crippen molar-refractivity contribution in [2.24, 2.45) is 0 Å². The maximum Gasteiger partial charge on any atom is 0.0256 e. The van der Waals surface area contributed by atoms with Crippen LogP contribution in [0.2, 0.25) is 0 Å². The lowest BCUT2D eigenvalue weighted by molar-refractivity contribution is 0.989. The van der Waals surface area contributed by atoms with Gasteiger partial charge >= 0.3 is 0 Å². The molecule has 1 aliphatic rings. The molecule has 0 N–H and O–H groups in total. The second kappa shape index (κ2) is 4.15. The Balaban J connectivity index is 2.16. The zero-order valence-electron chi connectivity index (χ0n) is 9.65. The van der Waals surface area contributed by atoms with Gasteiger partial charge in [-0.05, 0) is 40.3 Å². The average molecular weight is 285 g/mol. The first-order valence-electron chi connectivity index (χ1n) is 5.83. The lowest BCUT2D eigenvalue weighted by atomic mass is 9.96. The minimum Gasteiger partial charge on any atom is -0.0766 e. The molecular formula is C16H13Br. The van der Waals surface area contributed by atoms with E-state index in [1.54, 1.807) is 0 Å². The molecule has 84 valence electrons. The fraction of sp³-hybridized carbons (Fsp3) is 0.125. The lowest BCUT2D eigenvalue weighted by Gasteiger charge is -2.10. The summed E-state index contributed by atoms with van der Waals surface area (Å²) in [6, 6.07) is 15.0. The van der Waals surface area contributed by atoms with E-state index in [2.05, 4.69) is 77.5 Å². The molecule has 1 unspecified atom stereocenters. The van der Waals surface area contributed by atoms with Crippen LogP contribution in [0.25, 0.3) is 17.2 Å². The van der Waals surface area contributed by atoms with Gasteiger partial charge in [-0.15, -0.1) is 0 Å². The van der Waals surface area contributed by atoms with Crippen molar-refractivity contribution in [3.63, 3.8) is 0 Å². The van der Waals surface area contributed by atoms with Gasteiger partial charge < -0.3 is 0 Å². The van der Waals surface area contributed by atoms with Crippen LogP contribution in [0.1, 0.15) is 24.0 Å². The van der Waals surface area contributed by atoms with E-state index >= 15 is 0 Å². The van der Waals surface area contributed by atoms with Gasteiger partial charge in [0.2, 0.25) is 0 Å². The van der Waals surface area contributed by atoms with Gasteiger partial charge in [-0.3, -0.25) is 0 Å². The van der Waals surface area contributed by atoms with Gasteiger partial charge in [-0.25, -0.2) is 0 Å². The summed E-state index contributed by atoms with van der Waals surface area (Å²) in [5, 5.41) is 0. The number of rotatable bonds is 1. The van der Waals surface area contributed by atoms with E-state index in [0.29, 0.717) is 5.92 Å². The Morgan fingerprint density at radius 1 is 1.00 bits per heavy atom. The fourth-order valence-electron chi connectivity index (χ4n) is 2.33. The van der Waals surface area contributed by atoms with Crippen molar-refractivity contribution in [2.75, 3.05) is 0 Å². The molecule has 1 aliphatic carbocycles. The lowest BCUT2D eigenvalue weighted by Crippen LogP contribution is -1.90. The Labute approximate surface area is 110 Å². The summed E-state index contributed by atoms with van der Waals surface area (Å²) in [7, 11) is 0. The number of hydrogen-bond acceptors (Lipinski definition) is 0. The molecule has 0 saturated carbocycles. The van der Waals surface area contributed by atoms with Crippen LogP contribution in [0.15, 0.2) is 53.0 Å². The van der Waals surface area contributed by atoms with Crippen LogP contribution < -0.4 is 0 Å². The summed E-state index contributed by atoms with van der Waals surface area (Å²) in [5.74, 6) is 0.518. The maximum atomic E-state index is 3.67. The van der Waals surface area contributed by atoms with Gasteiger partial charge in [0.25, 0.3) is 0 Å². The molecule has 0 spiro atoms. The highest BCUT2D eigenvalue weighted by molar-refractivity contribution is 9.10. The average Bonchev–Trinajstić information content (AvgIpc) is 2.73. The zero-order valence-corrected chi connectivity index (χ0v) is 11.2. The topological polar surface area (TPSA) is 0 Å². The summed E-state index contributed by atoms with van der Waals surface area (Å²) >= 11 is 3.67. The van der Waals surface area contributed by atoms with Gasteiger partial charge in [0.1, 0.15) is 0 Å². The normalized spacial score (nSPS) is 17.2. The molecule has 17 heavy (non-hydrogen) atoms. The van der Waals surface area contributed by atoms with E-state index in [1.165, 1.54) is 26.7 Å². The summed E-state index contributed by atoms with van der Waals surface area (Å²) in [6.45, 7) is 2.24. The molecule has 2 aromatic carbocycles. The molecular weight excluding hydrogens is 272 g/mol. The fourth-order valence-corrected chi connectivity index (χ4v) is 2.94. The van der Waals surface area contributed by atoms with Gasteiger partial charge in [0.05, 0.1) is 0 Å². The zero-order chi connectivity index (χ0) is 11.8. The van der Waals surface area contributed by atoms with Crippen LogP contribution in [0.3, 0.4) is 0 Å². The minimum absolute atomic E-state index is 0.518. The number of allylic oxidation sites excluding steroid dienone is 1. The van der Waals surface area contributed by atoms with E-state index in [4.69, 9.17) is 0 Å². The van der Waals surface area contributed by atoms with Crippen LogP contribution in [-0.4, -0.2) is 0 Å². The summed E-state index contributed by atoms with van der Waals surface area (Å²) in [4.78, 5) is 0. The van der Waals surface area contributed by atoms with Gasteiger partial charge in [-0.2, -0.15) is 0 Å². The molecule has 0 nitrogen and oxygen atoms in total. The molecule has 0 aromatic heterocycles. The highest BCUT2D eigenvalue weighted by Crippen LogP contribution is 2.38. The molecule has 1 heteroatoms. The SMILES string of the molecule is CC1C=Cc2c(Br)cc(-c3ccccc3)cc21. The van der Waals surface area contributed by atoms with Crippen molar-refractivity contribution in [1.29, 1.82) is 0 Å². The van der Waals surface area contributed by atoms with E-state index < -0.39 is 0 Å². The summed E-state index contributed by atoms with van der Waals surface area (Å²) in [6.07, 6.45) is 4.46. The van der Waals surface area contributed by atoms with E-state index in [9.17, 15) is 0 Å². The molecule has 0 bridgehead atoms. The van der Waals surface area contributed by atoms with Crippen LogP contribution in [-0.2, 0) is 0 Å². The standard InChI is InChI=1S/C16H13Br/c1-11-7-8-14-15(11)9-13(10-16(14)17)12-5-3-2-4-6-12/h2-11H,1H3. The Hall–Kier alpha value is -1.34. The van der Waals surface area contributed by atoms with Crippen LogP contribution >= 0.6 is 15.9 Å². The first-order chi connectivity index (χ1) is 8.25. The third-order valence-electron chi connectivity index (χ3n) is 3.31. The summed E-state index contributed by atoms with van der Waals surface area (Å²) in [5.41, 5.74) is 5.30. The van der Waals surface area contributed by atoms with Crippen LogP contribution in [0.5, 0.6) is 0 Å². The van der Waals surface area contributed by atoms with Gasteiger partial charge in [-0.1, -0.05) is 65.3 Å². The number of halogens is 1. The molecule has 0 amide bonds. The monoisotopic (exact) mass is 284 g/mol. The number of hydrogen-bond donors (Lipinski definition) is 0. The Morgan fingerprint density at radius 3 is 2.53 bits per heavy atom. The largest absolute Gasteiger partial charge is 0.0766 e. The maximum absolute atomic E-state index is 3.67.